The van der Waals surface area contributed by atoms with E-state index in [0.29, 0.717) is 6.61 Å². The largest absolute Gasteiger partial charge is 0.465 e. The van der Waals surface area contributed by atoms with E-state index >= 15 is 0 Å². The first-order valence-corrected chi connectivity index (χ1v) is 8.11. The Kier molecular flexibility index (Phi) is 7.52. The summed E-state index contributed by atoms with van der Waals surface area (Å²) in [4.78, 5) is 14.3. The Hall–Kier alpha value is -0.610. The molecule has 1 heterocycles. The summed E-state index contributed by atoms with van der Waals surface area (Å²) >= 11 is 0. The van der Waals surface area contributed by atoms with Crippen LogP contribution in [0.4, 0.5) is 0 Å². The Labute approximate surface area is 124 Å². The van der Waals surface area contributed by atoms with Crippen LogP contribution in [0.2, 0.25) is 0 Å². The van der Waals surface area contributed by atoms with Crippen molar-refractivity contribution >= 4 is 5.97 Å². The van der Waals surface area contributed by atoms with Gasteiger partial charge in [-0.05, 0) is 57.7 Å². The standard InChI is InChI=1S/C16H32N2O2/c1-4-20-15(19)14-9-5-7-11-18(14)12-8-6-10-16(2,3)13-17/h14H,4-13,17H2,1-3H3. The van der Waals surface area contributed by atoms with Crippen LogP contribution in [0.25, 0.3) is 0 Å². The number of nitrogens with two attached hydrogens (primary N) is 1. The van der Waals surface area contributed by atoms with Gasteiger partial charge in [-0.25, -0.2) is 0 Å². The lowest BCUT2D eigenvalue weighted by Gasteiger charge is -2.34. The van der Waals surface area contributed by atoms with Gasteiger partial charge in [-0.15, -0.1) is 0 Å². The average molecular weight is 284 g/mol. The monoisotopic (exact) mass is 284 g/mol. The molecule has 0 saturated carbocycles. The Bertz CT molecular complexity index is 292. The van der Waals surface area contributed by atoms with Crippen LogP contribution in [-0.4, -0.2) is 43.2 Å². The molecule has 4 heteroatoms. The Morgan fingerprint density at radius 1 is 1.35 bits per heavy atom. The molecule has 1 atom stereocenters. The number of piperidine rings is 1. The maximum atomic E-state index is 12.0. The Morgan fingerprint density at radius 2 is 2.10 bits per heavy atom. The number of ether oxygens (including phenoxy) is 1. The first-order chi connectivity index (χ1) is 9.50. The van der Waals surface area contributed by atoms with Gasteiger partial charge >= 0.3 is 5.97 Å². The van der Waals surface area contributed by atoms with Gasteiger partial charge in [-0.2, -0.15) is 0 Å². The second-order valence-electron chi connectivity index (χ2n) is 6.63. The average Bonchev–Trinajstić information content (AvgIpc) is 2.44. The number of esters is 1. The van der Waals surface area contributed by atoms with E-state index < -0.39 is 0 Å². The van der Waals surface area contributed by atoms with E-state index in [0.717, 1.165) is 45.3 Å². The highest BCUT2D eigenvalue weighted by Gasteiger charge is 2.29. The van der Waals surface area contributed by atoms with Crippen LogP contribution in [0.1, 0.15) is 59.3 Å². The Balaban J connectivity index is 2.34. The van der Waals surface area contributed by atoms with Crippen molar-refractivity contribution in [3.05, 3.63) is 0 Å². The van der Waals surface area contributed by atoms with E-state index in [1.165, 1.54) is 12.8 Å². The quantitative estimate of drug-likeness (QED) is 0.550. The number of nitrogens with zero attached hydrogens (tertiary/aromatic N) is 1. The van der Waals surface area contributed by atoms with Gasteiger partial charge in [0.2, 0.25) is 0 Å². The summed E-state index contributed by atoms with van der Waals surface area (Å²) < 4.78 is 5.19. The third-order valence-electron chi connectivity index (χ3n) is 4.27. The lowest BCUT2D eigenvalue weighted by Crippen LogP contribution is -2.45. The number of likely N-dealkylation sites (tertiary alicyclic amines) is 1. The van der Waals surface area contributed by atoms with Gasteiger partial charge in [0.05, 0.1) is 6.61 Å². The first kappa shape index (κ1) is 17.4. The van der Waals surface area contributed by atoms with Crippen LogP contribution >= 0.6 is 0 Å². The lowest BCUT2D eigenvalue weighted by molar-refractivity contribution is -0.150. The number of rotatable bonds is 8. The molecule has 0 aromatic heterocycles. The predicted octanol–water partition coefficient (Wildman–Crippen LogP) is 2.56. The molecule has 1 aliphatic heterocycles. The molecule has 0 aromatic carbocycles. The number of unbranched alkanes of at least 4 members (excludes halogenated alkanes) is 1. The molecule has 0 spiro atoms. The van der Waals surface area contributed by atoms with Crippen molar-refractivity contribution in [2.75, 3.05) is 26.2 Å². The SMILES string of the molecule is CCOC(=O)C1CCCCN1CCCCC(C)(C)CN. The summed E-state index contributed by atoms with van der Waals surface area (Å²) in [6.45, 7) is 9.56. The number of carbonyl (C=O) groups excluding carboxylic acids is 1. The molecule has 0 radical (unpaired) electrons. The molecule has 1 rings (SSSR count). The lowest BCUT2D eigenvalue weighted by atomic mass is 9.87. The molecule has 1 saturated heterocycles. The highest BCUT2D eigenvalue weighted by Crippen LogP contribution is 2.23. The third kappa shape index (κ3) is 5.80. The van der Waals surface area contributed by atoms with Crippen LogP contribution in [0.3, 0.4) is 0 Å². The predicted molar refractivity (Wildman–Crippen MR) is 82.5 cm³/mol. The van der Waals surface area contributed by atoms with E-state index in [9.17, 15) is 4.79 Å². The zero-order chi connectivity index (χ0) is 15.0. The molecule has 1 aliphatic rings. The molecule has 0 aromatic rings. The number of hydrogen-bond acceptors (Lipinski definition) is 4. The van der Waals surface area contributed by atoms with Gasteiger partial charge in [0.15, 0.2) is 0 Å². The topological polar surface area (TPSA) is 55.6 Å². The van der Waals surface area contributed by atoms with E-state index in [2.05, 4.69) is 18.7 Å². The van der Waals surface area contributed by atoms with E-state index in [-0.39, 0.29) is 17.4 Å². The molecule has 2 N–H and O–H groups in total. The molecule has 4 nitrogen and oxygen atoms in total. The summed E-state index contributed by atoms with van der Waals surface area (Å²) in [5, 5.41) is 0. The van der Waals surface area contributed by atoms with Gasteiger partial charge in [0.25, 0.3) is 0 Å². The fraction of sp³-hybridized carbons (Fsp3) is 0.938. The van der Waals surface area contributed by atoms with Gasteiger partial charge in [0.1, 0.15) is 6.04 Å². The van der Waals surface area contributed by atoms with Gasteiger partial charge in [-0.3, -0.25) is 9.69 Å². The second-order valence-corrected chi connectivity index (χ2v) is 6.63. The third-order valence-corrected chi connectivity index (χ3v) is 4.27. The van der Waals surface area contributed by atoms with Gasteiger partial charge in [0, 0.05) is 0 Å². The van der Waals surface area contributed by atoms with Gasteiger partial charge in [-0.1, -0.05) is 26.7 Å². The fourth-order valence-corrected chi connectivity index (χ4v) is 2.78. The molecule has 0 amide bonds. The minimum atomic E-state index is -0.0329. The first-order valence-electron chi connectivity index (χ1n) is 8.11. The molecule has 0 bridgehead atoms. The summed E-state index contributed by atoms with van der Waals surface area (Å²) in [7, 11) is 0. The summed E-state index contributed by atoms with van der Waals surface area (Å²) in [5.74, 6) is -0.0329. The van der Waals surface area contributed by atoms with Gasteiger partial charge < -0.3 is 10.5 Å². The zero-order valence-electron chi connectivity index (χ0n) is 13.5. The molecular formula is C16H32N2O2. The molecule has 118 valence electrons. The molecule has 1 fully saturated rings. The fourth-order valence-electron chi connectivity index (χ4n) is 2.78. The Morgan fingerprint density at radius 3 is 2.75 bits per heavy atom. The summed E-state index contributed by atoms with van der Waals surface area (Å²) in [6.07, 6.45) is 6.76. The molecule has 20 heavy (non-hydrogen) atoms. The van der Waals surface area contributed by atoms with E-state index in [1.54, 1.807) is 0 Å². The molecule has 0 aliphatic carbocycles. The van der Waals surface area contributed by atoms with Crippen LogP contribution in [0, 0.1) is 5.41 Å². The van der Waals surface area contributed by atoms with Crippen LogP contribution in [0.5, 0.6) is 0 Å². The normalized spacial score (nSPS) is 20.9. The van der Waals surface area contributed by atoms with Crippen LogP contribution in [-0.2, 0) is 9.53 Å². The van der Waals surface area contributed by atoms with Crippen molar-refractivity contribution in [1.29, 1.82) is 0 Å². The zero-order valence-corrected chi connectivity index (χ0v) is 13.5. The smallest absolute Gasteiger partial charge is 0.323 e. The molecular weight excluding hydrogens is 252 g/mol. The van der Waals surface area contributed by atoms with E-state index in [1.807, 2.05) is 6.92 Å². The second kappa shape index (κ2) is 8.63. The summed E-state index contributed by atoms with van der Waals surface area (Å²) in [6, 6.07) is -0.00813. The van der Waals surface area contributed by atoms with Crippen molar-refractivity contribution in [3.8, 4) is 0 Å². The minimum Gasteiger partial charge on any atom is -0.465 e. The van der Waals surface area contributed by atoms with Crippen molar-refractivity contribution in [2.45, 2.75) is 65.3 Å². The van der Waals surface area contributed by atoms with Crippen molar-refractivity contribution in [1.82, 2.24) is 4.90 Å². The maximum absolute atomic E-state index is 12.0. The van der Waals surface area contributed by atoms with Crippen molar-refractivity contribution < 1.29 is 9.53 Å². The highest BCUT2D eigenvalue weighted by molar-refractivity contribution is 5.75. The van der Waals surface area contributed by atoms with Crippen molar-refractivity contribution in [3.63, 3.8) is 0 Å². The van der Waals surface area contributed by atoms with E-state index in [4.69, 9.17) is 10.5 Å². The van der Waals surface area contributed by atoms with Crippen molar-refractivity contribution in [2.24, 2.45) is 11.1 Å². The highest BCUT2D eigenvalue weighted by atomic mass is 16.5. The summed E-state index contributed by atoms with van der Waals surface area (Å²) in [5.41, 5.74) is 5.99. The number of hydrogen-bond donors (Lipinski definition) is 1. The number of carbonyl (C=O) groups is 1. The van der Waals surface area contributed by atoms with Crippen LogP contribution in [0.15, 0.2) is 0 Å². The maximum Gasteiger partial charge on any atom is 0.323 e. The minimum absolute atomic E-state index is 0.00813. The van der Waals surface area contributed by atoms with Crippen LogP contribution < -0.4 is 5.73 Å². The molecule has 1 unspecified atom stereocenters.